The third-order valence-electron chi connectivity index (χ3n) is 4.93. The molecule has 0 saturated heterocycles. The average molecular weight is 314 g/mol. The van der Waals surface area contributed by atoms with Crippen molar-refractivity contribution in [2.24, 2.45) is 5.92 Å². The first-order chi connectivity index (χ1) is 10.0. The van der Waals surface area contributed by atoms with Gasteiger partial charge in [-0.2, -0.15) is 11.8 Å². The van der Waals surface area contributed by atoms with Crippen molar-refractivity contribution in [2.45, 2.75) is 62.2 Å². The van der Waals surface area contributed by atoms with E-state index < -0.39 is 5.97 Å². The normalized spacial score (nSPS) is 28.0. The fraction of sp³-hybridized carbons (Fsp3) is 0.867. The Balaban J connectivity index is 1.69. The standard InChI is InChI=1S/C15H26N2O3S/c1-21-15(8-2-3-9-15)10-16-14(20)17-12-6-4-11(5-7-12)13(18)19/h11-12H,2-10H2,1H3,(H,18,19)(H2,16,17,20). The number of carbonyl (C=O) groups excluding carboxylic acids is 1. The second-order valence-electron chi connectivity index (χ2n) is 6.31. The molecule has 0 unspecified atom stereocenters. The SMILES string of the molecule is CSC1(CNC(=O)NC2CCC(C(=O)O)CC2)CCCC1. The summed E-state index contributed by atoms with van der Waals surface area (Å²) in [5, 5.41) is 15.0. The molecular formula is C15H26N2O3S. The molecule has 3 N–H and O–H groups in total. The van der Waals surface area contributed by atoms with E-state index >= 15 is 0 Å². The maximum atomic E-state index is 12.0. The minimum absolute atomic E-state index is 0.103. The molecule has 0 aromatic carbocycles. The number of hydrogen-bond donors (Lipinski definition) is 3. The third kappa shape index (κ3) is 4.53. The molecule has 120 valence electrons. The van der Waals surface area contributed by atoms with E-state index in [4.69, 9.17) is 5.11 Å². The fourth-order valence-electron chi connectivity index (χ4n) is 3.43. The van der Waals surface area contributed by atoms with Gasteiger partial charge in [0.25, 0.3) is 0 Å². The molecular weight excluding hydrogens is 288 g/mol. The van der Waals surface area contributed by atoms with Crippen molar-refractivity contribution >= 4 is 23.8 Å². The van der Waals surface area contributed by atoms with Crippen LogP contribution in [0.5, 0.6) is 0 Å². The summed E-state index contributed by atoms with van der Waals surface area (Å²) in [6.07, 6.45) is 9.83. The maximum absolute atomic E-state index is 12.0. The number of amides is 2. The molecule has 0 aromatic rings. The van der Waals surface area contributed by atoms with Crippen molar-refractivity contribution in [1.82, 2.24) is 10.6 Å². The van der Waals surface area contributed by atoms with Gasteiger partial charge < -0.3 is 15.7 Å². The van der Waals surface area contributed by atoms with Crippen LogP contribution in [-0.4, -0.2) is 40.7 Å². The van der Waals surface area contributed by atoms with Crippen molar-refractivity contribution in [3.8, 4) is 0 Å². The van der Waals surface area contributed by atoms with Crippen molar-refractivity contribution in [3.05, 3.63) is 0 Å². The lowest BCUT2D eigenvalue weighted by Crippen LogP contribution is -2.47. The summed E-state index contributed by atoms with van der Waals surface area (Å²) in [7, 11) is 0. The number of carbonyl (C=O) groups is 2. The molecule has 0 spiro atoms. The second-order valence-corrected chi connectivity index (χ2v) is 7.58. The lowest BCUT2D eigenvalue weighted by Gasteiger charge is -2.29. The molecule has 2 rings (SSSR count). The van der Waals surface area contributed by atoms with Crippen LogP contribution in [0, 0.1) is 5.92 Å². The van der Waals surface area contributed by atoms with Gasteiger partial charge in [-0.3, -0.25) is 4.79 Å². The monoisotopic (exact) mass is 314 g/mol. The molecule has 2 aliphatic rings. The quantitative estimate of drug-likeness (QED) is 0.729. The highest BCUT2D eigenvalue weighted by Crippen LogP contribution is 2.39. The van der Waals surface area contributed by atoms with Crippen LogP contribution in [0.4, 0.5) is 4.79 Å². The van der Waals surface area contributed by atoms with Crippen LogP contribution in [0.15, 0.2) is 0 Å². The van der Waals surface area contributed by atoms with Crippen molar-refractivity contribution < 1.29 is 14.7 Å². The first kappa shape index (κ1) is 16.5. The largest absolute Gasteiger partial charge is 0.481 e. The van der Waals surface area contributed by atoms with Crippen LogP contribution < -0.4 is 10.6 Å². The third-order valence-corrected chi connectivity index (χ3v) is 6.35. The van der Waals surface area contributed by atoms with E-state index in [-0.39, 0.29) is 22.7 Å². The number of urea groups is 1. The zero-order chi connectivity index (χ0) is 15.3. The molecule has 2 fully saturated rings. The molecule has 21 heavy (non-hydrogen) atoms. The zero-order valence-electron chi connectivity index (χ0n) is 12.7. The Morgan fingerprint density at radius 3 is 2.33 bits per heavy atom. The molecule has 5 nitrogen and oxygen atoms in total. The first-order valence-electron chi connectivity index (χ1n) is 7.87. The van der Waals surface area contributed by atoms with Gasteiger partial charge in [0, 0.05) is 17.3 Å². The minimum atomic E-state index is -0.707. The highest BCUT2D eigenvalue weighted by molar-refractivity contribution is 8.00. The van der Waals surface area contributed by atoms with Gasteiger partial charge >= 0.3 is 12.0 Å². The van der Waals surface area contributed by atoms with Gasteiger partial charge in [-0.15, -0.1) is 0 Å². The molecule has 2 saturated carbocycles. The highest BCUT2D eigenvalue weighted by atomic mass is 32.2. The van der Waals surface area contributed by atoms with Crippen molar-refractivity contribution in [2.75, 3.05) is 12.8 Å². The van der Waals surface area contributed by atoms with Crippen molar-refractivity contribution in [1.29, 1.82) is 0 Å². The summed E-state index contributed by atoms with van der Waals surface area (Å²) in [6, 6.07) is 0.0171. The lowest BCUT2D eigenvalue weighted by atomic mass is 9.86. The number of carboxylic acids is 1. The minimum Gasteiger partial charge on any atom is -0.481 e. The van der Waals surface area contributed by atoms with E-state index in [1.807, 2.05) is 11.8 Å². The number of hydrogen-bond acceptors (Lipinski definition) is 3. The number of thioether (sulfide) groups is 1. The predicted octanol–water partition coefficient (Wildman–Crippen LogP) is 2.60. The number of carboxylic acid groups (broad SMARTS) is 1. The van der Waals surface area contributed by atoms with E-state index in [0.717, 1.165) is 19.4 Å². The Kier molecular flexibility index (Phi) is 5.79. The molecule has 0 radical (unpaired) electrons. The fourth-order valence-corrected chi connectivity index (χ4v) is 4.35. The summed E-state index contributed by atoms with van der Waals surface area (Å²) >= 11 is 1.86. The van der Waals surface area contributed by atoms with Gasteiger partial charge in [0.05, 0.1) is 5.92 Å². The van der Waals surface area contributed by atoms with Crippen LogP contribution >= 0.6 is 11.8 Å². The molecule has 0 bridgehead atoms. The molecule has 0 atom stereocenters. The van der Waals surface area contributed by atoms with Crippen LogP contribution in [0.25, 0.3) is 0 Å². The number of nitrogens with one attached hydrogen (secondary N) is 2. The summed E-state index contributed by atoms with van der Waals surface area (Å²) in [5.74, 6) is -0.939. The predicted molar refractivity (Wildman–Crippen MR) is 84.6 cm³/mol. The van der Waals surface area contributed by atoms with Gasteiger partial charge in [0.2, 0.25) is 0 Å². The Bertz CT molecular complexity index is 375. The molecule has 6 heteroatoms. The van der Waals surface area contributed by atoms with Gasteiger partial charge in [-0.05, 0) is 44.8 Å². The molecule has 2 amide bonds. The smallest absolute Gasteiger partial charge is 0.315 e. The van der Waals surface area contributed by atoms with Crippen LogP contribution in [0.1, 0.15) is 51.4 Å². The van der Waals surface area contributed by atoms with Gasteiger partial charge in [-0.1, -0.05) is 12.8 Å². The maximum Gasteiger partial charge on any atom is 0.315 e. The summed E-state index contributed by atoms with van der Waals surface area (Å²) in [6.45, 7) is 0.727. The Morgan fingerprint density at radius 1 is 1.19 bits per heavy atom. The van der Waals surface area contributed by atoms with E-state index in [9.17, 15) is 9.59 Å². The van der Waals surface area contributed by atoms with Crippen LogP contribution in [0.2, 0.25) is 0 Å². The van der Waals surface area contributed by atoms with E-state index in [1.54, 1.807) is 0 Å². The molecule has 0 heterocycles. The summed E-state index contributed by atoms with van der Waals surface area (Å²) < 4.78 is 0.221. The van der Waals surface area contributed by atoms with Crippen molar-refractivity contribution in [3.63, 3.8) is 0 Å². The second kappa shape index (κ2) is 7.38. The van der Waals surface area contributed by atoms with E-state index in [2.05, 4.69) is 16.9 Å². The molecule has 0 aliphatic heterocycles. The zero-order valence-corrected chi connectivity index (χ0v) is 13.5. The van der Waals surface area contributed by atoms with Gasteiger partial charge in [0.15, 0.2) is 0 Å². The van der Waals surface area contributed by atoms with Crippen LogP contribution in [-0.2, 0) is 4.79 Å². The number of aliphatic carboxylic acids is 1. The number of rotatable bonds is 5. The lowest BCUT2D eigenvalue weighted by molar-refractivity contribution is -0.142. The Labute approximate surface area is 130 Å². The summed E-state index contributed by atoms with van der Waals surface area (Å²) in [5.41, 5.74) is 0. The average Bonchev–Trinajstić information content (AvgIpc) is 2.95. The van der Waals surface area contributed by atoms with E-state index in [1.165, 1.54) is 25.7 Å². The summed E-state index contributed by atoms with van der Waals surface area (Å²) in [4.78, 5) is 22.9. The highest BCUT2D eigenvalue weighted by Gasteiger charge is 2.33. The topological polar surface area (TPSA) is 78.4 Å². The first-order valence-corrected chi connectivity index (χ1v) is 9.09. The van der Waals surface area contributed by atoms with E-state index in [0.29, 0.717) is 12.8 Å². The van der Waals surface area contributed by atoms with Gasteiger partial charge in [-0.25, -0.2) is 4.79 Å². The Hall–Kier alpha value is -0.910. The Morgan fingerprint density at radius 2 is 1.81 bits per heavy atom. The van der Waals surface area contributed by atoms with Gasteiger partial charge in [0.1, 0.15) is 0 Å². The van der Waals surface area contributed by atoms with Crippen LogP contribution in [0.3, 0.4) is 0 Å². The molecule has 2 aliphatic carbocycles. The molecule has 0 aromatic heterocycles.